The standard InChI is InChI=1S/C14H11F3N2O2.Mg.2H/c1-8-10(14(15,16)17)5-2-6-11(8)19-12-9(13(20)21)4-3-7-18-12;;;/h2-7H,1H3,(H,18,19)(H,20,21);;;. The summed E-state index contributed by atoms with van der Waals surface area (Å²) in [5, 5.41) is 11.7. The van der Waals surface area contributed by atoms with Crippen molar-refractivity contribution < 1.29 is 23.1 Å². The van der Waals surface area contributed by atoms with Crippen molar-refractivity contribution in [1.82, 2.24) is 4.98 Å². The lowest BCUT2D eigenvalue weighted by Crippen LogP contribution is -2.10. The molecule has 0 amide bonds. The molecule has 0 saturated heterocycles. The number of hydrogen-bond acceptors (Lipinski definition) is 3. The van der Waals surface area contributed by atoms with Crippen LogP contribution in [0.1, 0.15) is 21.5 Å². The van der Waals surface area contributed by atoms with Gasteiger partial charge in [-0.05, 0) is 36.8 Å². The Balaban J connectivity index is 0.00000242. The van der Waals surface area contributed by atoms with Gasteiger partial charge in [0.1, 0.15) is 11.4 Å². The van der Waals surface area contributed by atoms with Gasteiger partial charge in [-0.1, -0.05) is 6.07 Å². The van der Waals surface area contributed by atoms with Gasteiger partial charge in [-0.2, -0.15) is 13.2 Å². The lowest BCUT2D eigenvalue weighted by Gasteiger charge is -2.15. The van der Waals surface area contributed by atoms with Crippen molar-refractivity contribution in [1.29, 1.82) is 0 Å². The van der Waals surface area contributed by atoms with Crippen LogP contribution in [0.15, 0.2) is 36.5 Å². The second-order valence-corrected chi connectivity index (χ2v) is 4.31. The molecule has 1 heterocycles. The third-order valence-corrected chi connectivity index (χ3v) is 2.93. The van der Waals surface area contributed by atoms with E-state index in [4.69, 9.17) is 5.11 Å². The molecular formula is C14H13F3MgN2O2. The zero-order valence-electron chi connectivity index (χ0n) is 10.9. The Morgan fingerprint density at radius 3 is 2.50 bits per heavy atom. The molecule has 2 N–H and O–H groups in total. The first-order valence-electron chi connectivity index (χ1n) is 5.93. The van der Waals surface area contributed by atoms with Crippen LogP contribution in [0, 0.1) is 6.92 Å². The summed E-state index contributed by atoms with van der Waals surface area (Å²) in [4.78, 5) is 14.9. The summed E-state index contributed by atoms with van der Waals surface area (Å²) >= 11 is 0. The van der Waals surface area contributed by atoms with Crippen molar-refractivity contribution in [2.75, 3.05) is 5.32 Å². The maximum Gasteiger partial charge on any atom is 0.416 e. The highest BCUT2D eigenvalue weighted by molar-refractivity contribution is 5.94. The Labute approximate surface area is 140 Å². The summed E-state index contributed by atoms with van der Waals surface area (Å²) in [7, 11) is 0. The number of halogens is 3. The Hall–Kier alpha value is -1.80. The first kappa shape index (κ1) is 18.2. The molecule has 114 valence electrons. The first-order chi connectivity index (χ1) is 9.80. The fraction of sp³-hybridized carbons (Fsp3) is 0.143. The number of nitrogens with zero attached hydrogens (tertiary/aromatic N) is 1. The molecule has 0 aliphatic heterocycles. The van der Waals surface area contributed by atoms with Crippen LogP contribution in [0.25, 0.3) is 0 Å². The molecule has 2 rings (SSSR count). The fourth-order valence-electron chi connectivity index (χ4n) is 1.88. The number of rotatable bonds is 3. The van der Waals surface area contributed by atoms with Gasteiger partial charge in [0.05, 0.1) is 5.56 Å². The molecule has 1 aromatic heterocycles. The van der Waals surface area contributed by atoms with E-state index in [1.165, 1.54) is 37.4 Å². The quantitative estimate of drug-likeness (QED) is 0.853. The summed E-state index contributed by atoms with van der Waals surface area (Å²) in [5.74, 6) is -1.22. The van der Waals surface area contributed by atoms with Gasteiger partial charge in [0.15, 0.2) is 0 Å². The zero-order valence-corrected chi connectivity index (χ0v) is 10.9. The molecule has 22 heavy (non-hydrogen) atoms. The third-order valence-electron chi connectivity index (χ3n) is 2.93. The van der Waals surface area contributed by atoms with Gasteiger partial charge in [-0.15, -0.1) is 0 Å². The molecule has 0 spiro atoms. The van der Waals surface area contributed by atoms with Gasteiger partial charge in [0, 0.05) is 11.9 Å². The van der Waals surface area contributed by atoms with E-state index >= 15 is 0 Å². The number of carboxylic acid groups (broad SMARTS) is 1. The van der Waals surface area contributed by atoms with Gasteiger partial charge in [0.2, 0.25) is 0 Å². The van der Waals surface area contributed by atoms with Crippen LogP contribution in [0.4, 0.5) is 24.7 Å². The maximum atomic E-state index is 12.8. The first-order valence-corrected chi connectivity index (χ1v) is 5.93. The van der Waals surface area contributed by atoms with Crippen LogP contribution in [0.5, 0.6) is 0 Å². The third kappa shape index (κ3) is 3.89. The minimum atomic E-state index is -4.47. The largest absolute Gasteiger partial charge is 0.478 e. The predicted octanol–water partition coefficient (Wildman–Crippen LogP) is 2.93. The number of carbonyl (C=O) groups is 1. The number of alkyl halides is 3. The molecular weight excluding hydrogens is 309 g/mol. The molecule has 4 nitrogen and oxygen atoms in total. The van der Waals surface area contributed by atoms with Crippen LogP contribution < -0.4 is 5.32 Å². The average molecular weight is 323 g/mol. The van der Waals surface area contributed by atoms with E-state index in [2.05, 4.69) is 10.3 Å². The van der Waals surface area contributed by atoms with E-state index in [-0.39, 0.29) is 45.7 Å². The molecule has 8 heteroatoms. The van der Waals surface area contributed by atoms with Crippen molar-refractivity contribution in [2.24, 2.45) is 0 Å². The number of anilines is 2. The van der Waals surface area contributed by atoms with E-state index in [1.54, 1.807) is 0 Å². The number of carboxylic acids is 1. The summed E-state index contributed by atoms with van der Waals surface area (Å²) in [6.45, 7) is 1.31. The fourth-order valence-corrected chi connectivity index (χ4v) is 1.88. The van der Waals surface area contributed by atoms with Crippen LogP contribution in [-0.2, 0) is 6.18 Å². The Bertz CT molecular complexity index is 690. The van der Waals surface area contributed by atoms with Crippen LogP contribution in [0.2, 0.25) is 0 Å². The molecule has 0 unspecified atom stereocenters. The summed E-state index contributed by atoms with van der Waals surface area (Å²) in [6, 6.07) is 6.41. The number of benzene rings is 1. The molecule has 0 atom stereocenters. The second kappa shape index (κ2) is 6.97. The highest BCUT2D eigenvalue weighted by Gasteiger charge is 2.33. The van der Waals surface area contributed by atoms with Crippen LogP contribution in [-0.4, -0.2) is 39.1 Å². The number of hydrogen-bond donors (Lipinski definition) is 2. The van der Waals surface area contributed by atoms with E-state index in [1.807, 2.05) is 0 Å². The summed E-state index contributed by atoms with van der Waals surface area (Å²) in [5.41, 5.74) is -0.757. The number of aromatic carboxylic acids is 1. The summed E-state index contributed by atoms with van der Waals surface area (Å²) < 4.78 is 38.5. The predicted molar refractivity (Wildman–Crippen MR) is 79.2 cm³/mol. The van der Waals surface area contributed by atoms with Crippen molar-refractivity contribution in [3.05, 3.63) is 53.2 Å². The van der Waals surface area contributed by atoms with Crippen molar-refractivity contribution in [2.45, 2.75) is 13.1 Å². The normalized spacial score (nSPS) is 10.7. The molecule has 0 aliphatic carbocycles. The minimum Gasteiger partial charge on any atom is -0.478 e. The average Bonchev–Trinajstić information content (AvgIpc) is 2.40. The molecule has 1 aromatic carbocycles. The molecule has 0 fully saturated rings. The van der Waals surface area contributed by atoms with E-state index in [9.17, 15) is 18.0 Å². The van der Waals surface area contributed by atoms with Crippen LogP contribution in [0.3, 0.4) is 0 Å². The lowest BCUT2D eigenvalue weighted by atomic mass is 10.1. The number of nitrogens with one attached hydrogen (secondary N) is 1. The van der Waals surface area contributed by atoms with Crippen molar-refractivity contribution in [3.8, 4) is 0 Å². The van der Waals surface area contributed by atoms with Gasteiger partial charge in [-0.3, -0.25) is 0 Å². The van der Waals surface area contributed by atoms with Crippen molar-refractivity contribution >= 4 is 40.5 Å². The zero-order chi connectivity index (χ0) is 15.6. The highest BCUT2D eigenvalue weighted by atomic mass is 24.3. The van der Waals surface area contributed by atoms with E-state index in [0.717, 1.165) is 6.07 Å². The van der Waals surface area contributed by atoms with Crippen LogP contribution >= 0.6 is 0 Å². The van der Waals surface area contributed by atoms with Crippen molar-refractivity contribution in [3.63, 3.8) is 0 Å². The molecule has 0 radical (unpaired) electrons. The van der Waals surface area contributed by atoms with Gasteiger partial charge >= 0.3 is 35.2 Å². The summed E-state index contributed by atoms with van der Waals surface area (Å²) in [6.07, 6.45) is -3.11. The molecule has 2 aromatic rings. The lowest BCUT2D eigenvalue weighted by molar-refractivity contribution is -0.138. The molecule has 0 bridgehead atoms. The van der Waals surface area contributed by atoms with E-state index in [0.29, 0.717) is 0 Å². The Kier molecular flexibility index (Phi) is 5.78. The monoisotopic (exact) mass is 322 g/mol. The van der Waals surface area contributed by atoms with E-state index < -0.39 is 17.7 Å². The highest BCUT2D eigenvalue weighted by Crippen LogP contribution is 2.35. The number of pyridine rings is 1. The maximum absolute atomic E-state index is 12.8. The Morgan fingerprint density at radius 2 is 1.91 bits per heavy atom. The minimum absolute atomic E-state index is 0. The van der Waals surface area contributed by atoms with Gasteiger partial charge in [0.25, 0.3) is 0 Å². The van der Waals surface area contributed by atoms with Gasteiger partial charge < -0.3 is 10.4 Å². The Morgan fingerprint density at radius 1 is 1.23 bits per heavy atom. The van der Waals surface area contributed by atoms with Gasteiger partial charge in [-0.25, -0.2) is 9.78 Å². The molecule has 0 saturated carbocycles. The molecule has 0 aliphatic rings. The SMILES string of the molecule is Cc1c(Nc2ncccc2C(=O)O)cccc1C(F)(F)F.[MgH2]. The number of aromatic nitrogens is 1. The smallest absolute Gasteiger partial charge is 0.416 e. The topological polar surface area (TPSA) is 62.2 Å². The second-order valence-electron chi connectivity index (χ2n) is 4.31.